The van der Waals surface area contributed by atoms with Gasteiger partial charge in [-0.05, 0) is 6.42 Å². The summed E-state index contributed by atoms with van der Waals surface area (Å²) >= 11 is 0. The Kier molecular flexibility index (Phi) is 4.25. The second-order valence-corrected chi connectivity index (χ2v) is 3.61. The summed E-state index contributed by atoms with van der Waals surface area (Å²) in [5.74, 6) is -1.54. The average Bonchev–Trinajstić information content (AvgIpc) is 3.09. The molecule has 1 aliphatic rings. The summed E-state index contributed by atoms with van der Waals surface area (Å²) in [6.45, 7) is 3.68. The van der Waals surface area contributed by atoms with E-state index in [1.165, 1.54) is 13.2 Å². The van der Waals surface area contributed by atoms with Gasteiger partial charge in [0.1, 0.15) is 13.2 Å². The van der Waals surface area contributed by atoms with Gasteiger partial charge in [-0.1, -0.05) is 6.08 Å². The fourth-order valence-electron chi connectivity index (χ4n) is 1.67. The Morgan fingerprint density at radius 3 is 2.59 bits per heavy atom. The van der Waals surface area contributed by atoms with E-state index in [9.17, 15) is 14.4 Å². The van der Waals surface area contributed by atoms with E-state index in [1.807, 2.05) is 0 Å². The van der Waals surface area contributed by atoms with Gasteiger partial charge in [0.15, 0.2) is 5.41 Å². The van der Waals surface area contributed by atoms with Crippen molar-refractivity contribution < 1.29 is 28.6 Å². The van der Waals surface area contributed by atoms with E-state index >= 15 is 0 Å². The zero-order chi connectivity index (χ0) is 12.9. The van der Waals surface area contributed by atoms with Crippen molar-refractivity contribution in [2.24, 2.45) is 11.3 Å². The molecule has 2 unspecified atom stereocenters. The molecule has 2 atom stereocenters. The predicted octanol–water partition coefficient (Wildman–Crippen LogP) is 0.0679. The second-order valence-electron chi connectivity index (χ2n) is 3.61. The lowest BCUT2D eigenvalue weighted by molar-refractivity contribution is -0.165. The Labute approximate surface area is 98.5 Å². The molecule has 6 heteroatoms. The maximum atomic E-state index is 11.7. The van der Waals surface area contributed by atoms with Crippen molar-refractivity contribution in [2.75, 3.05) is 20.3 Å². The third-order valence-electron chi connectivity index (χ3n) is 2.72. The summed E-state index contributed by atoms with van der Waals surface area (Å²) < 4.78 is 13.8. The smallest absolute Gasteiger partial charge is 0.324 e. The molecule has 0 N–H and O–H groups in total. The Hall–Kier alpha value is -1.85. The highest BCUT2D eigenvalue weighted by Crippen LogP contribution is 2.55. The quantitative estimate of drug-likeness (QED) is 0.157. The van der Waals surface area contributed by atoms with E-state index in [2.05, 4.69) is 16.1 Å². The van der Waals surface area contributed by atoms with Crippen LogP contribution < -0.4 is 0 Å². The number of methoxy groups -OCH3 is 1. The summed E-state index contributed by atoms with van der Waals surface area (Å²) in [6.07, 6.45) is 1.87. The van der Waals surface area contributed by atoms with E-state index < -0.39 is 17.4 Å². The van der Waals surface area contributed by atoms with Crippen LogP contribution >= 0.6 is 0 Å². The van der Waals surface area contributed by atoms with Gasteiger partial charge in [0, 0.05) is 5.92 Å². The number of allylic oxidation sites excluding steroid dienone is 1. The van der Waals surface area contributed by atoms with Crippen LogP contribution in [-0.4, -0.2) is 38.7 Å². The molecular weight excluding hydrogens is 228 g/mol. The summed E-state index contributed by atoms with van der Waals surface area (Å²) in [5, 5.41) is 0. The molecule has 0 aromatic heterocycles. The van der Waals surface area contributed by atoms with Gasteiger partial charge in [-0.3, -0.25) is 14.4 Å². The molecule has 1 fully saturated rings. The molecule has 0 heterocycles. The fourth-order valence-corrected chi connectivity index (χ4v) is 1.67. The van der Waals surface area contributed by atoms with Crippen LogP contribution in [0.5, 0.6) is 0 Å². The average molecular weight is 242 g/mol. The monoisotopic (exact) mass is 242 g/mol. The zero-order valence-electron chi connectivity index (χ0n) is 9.51. The van der Waals surface area contributed by atoms with Crippen LogP contribution in [0, 0.1) is 11.3 Å². The summed E-state index contributed by atoms with van der Waals surface area (Å²) in [6, 6.07) is 0. The SMILES string of the molecule is C=CC1CC1(C(=O)OC)C(=O)OCCOC=O. The first-order valence-corrected chi connectivity index (χ1v) is 5.07. The molecule has 1 rings (SSSR count). The zero-order valence-corrected chi connectivity index (χ0v) is 9.51. The largest absolute Gasteiger partial charge is 0.468 e. The van der Waals surface area contributed by atoms with Gasteiger partial charge in [0.05, 0.1) is 7.11 Å². The first-order chi connectivity index (χ1) is 8.13. The highest BCUT2D eigenvalue weighted by atomic mass is 16.6. The molecule has 0 radical (unpaired) electrons. The van der Waals surface area contributed by atoms with Crippen LogP contribution in [0.1, 0.15) is 6.42 Å². The molecule has 17 heavy (non-hydrogen) atoms. The first kappa shape index (κ1) is 13.2. The van der Waals surface area contributed by atoms with E-state index in [0.29, 0.717) is 6.42 Å². The third-order valence-corrected chi connectivity index (χ3v) is 2.72. The van der Waals surface area contributed by atoms with Crippen molar-refractivity contribution in [1.29, 1.82) is 0 Å². The normalized spacial score (nSPS) is 25.6. The van der Waals surface area contributed by atoms with E-state index in [4.69, 9.17) is 4.74 Å². The second kappa shape index (κ2) is 5.47. The maximum Gasteiger partial charge on any atom is 0.324 e. The van der Waals surface area contributed by atoms with Crippen molar-refractivity contribution in [2.45, 2.75) is 6.42 Å². The standard InChI is InChI=1S/C11H14O6/c1-3-8-6-11(8,9(13)15-2)10(14)17-5-4-16-7-12/h3,7-8H,1,4-6H2,2H3. The van der Waals surface area contributed by atoms with Crippen LogP contribution in [0.4, 0.5) is 0 Å². The molecule has 1 aliphatic carbocycles. The Morgan fingerprint density at radius 1 is 1.41 bits per heavy atom. The minimum Gasteiger partial charge on any atom is -0.468 e. The van der Waals surface area contributed by atoms with Crippen LogP contribution in [-0.2, 0) is 28.6 Å². The molecule has 0 saturated heterocycles. The van der Waals surface area contributed by atoms with E-state index in [0.717, 1.165) is 0 Å². The van der Waals surface area contributed by atoms with Crippen molar-refractivity contribution in [1.82, 2.24) is 0 Å². The number of carbonyl (C=O) groups is 3. The lowest BCUT2D eigenvalue weighted by atomic mass is 10.0. The topological polar surface area (TPSA) is 78.9 Å². The number of hydrogen-bond acceptors (Lipinski definition) is 6. The van der Waals surface area contributed by atoms with Crippen LogP contribution in [0.25, 0.3) is 0 Å². The first-order valence-electron chi connectivity index (χ1n) is 5.07. The molecular formula is C11H14O6. The van der Waals surface area contributed by atoms with Crippen molar-refractivity contribution in [3.8, 4) is 0 Å². The number of rotatable bonds is 7. The Bertz CT molecular complexity index is 337. The van der Waals surface area contributed by atoms with Crippen molar-refractivity contribution in [3.63, 3.8) is 0 Å². The highest BCUT2D eigenvalue weighted by molar-refractivity contribution is 6.04. The van der Waals surface area contributed by atoms with Gasteiger partial charge in [-0.2, -0.15) is 0 Å². The van der Waals surface area contributed by atoms with Gasteiger partial charge in [0.2, 0.25) is 0 Å². The molecule has 0 aliphatic heterocycles. The number of hydrogen-bond donors (Lipinski definition) is 0. The molecule has 0 amide bonds. The summed E-state index contributed by atoms with van der Waals surface area (Å²) in [4.78, 5) is 33.1. The summed E-state index contributed by atoms with van der Waals surface area (Å²) in [7, 11) is 1.21. The van der Waals surface area contributed by atoms with E-state index in [-0.39, 0.29) is 25.6 Å². The lowest BCUT2D eigenvalue weighted by Gasteiger charge is -2.12. The van der Waals surface area contributed by atoms with Crippen LogP contribution in [0.2, 0.25) is 0 Å². The van der Waals surface area contributed by atoms with Gasteiger partial charge in [-0.15, -0.1) is 6.58 Å². The van der Waals surface area contributed by atoms with Gasteiger partial charge in [-0.25, -0.2) is 0 Å². The fraction of sp³-hybridized carbons (Fsp3) is 0.545. The molecule has 0 bridgehead atoms. The molecule has 1 saturated carbocycles. The number of ether oxygens (including phenoxy) is 3. The van der Waals surface area contributed by atoms with Gasteiger partial charge in [0.25, 0.3) is 6.47 Å². The molecule has 6 nitrogen and oxygen atoms in total. The van der Waals surface area contributed by atoms with Gasteiger partial charge < -0.3 is 14.2 Å². The predicted molar refractivity (Wildman–Crippen MR) is 55.7 cm³/mol. The summed E-state index contributed by atoms with van der Waals surface area (Å²) in [5.41, 5.74) is -1.25. The molecule has 0 aromatic rings. The van der Waals surface area contributed by atoms with E-state index in [1.54, 1.807) is 0 Å². The third kappa shape index (κ3) is 2.46. The lowest BCUT2D eigenvalue weighted by Crippen LogP contribution is -2.31. The molecule has 94 valence electrons. The van der Waals surface area contributed by atoms with Crippen molar-refractivity contribution >= 4 is 18.4 Å². The molecule has 0 spiro atoms. The minimum atomic E-state index is -1.25. The van der Waals surface area contributed by atoms with Crippen LogP contribution in [0.15, 0.2) is 12.7 Å². The van der Waals surface area contributed by atoms with Crippen LogP contribution in [0.3, 0.4) is 0 Å². The Balaban J connectivity index is 2.55. The minimum absolute atomic E-state index is 0.0365. The number of carbonyl (C=O) groups excluding carboxylic acids is 3. The van der Waals surface area contributed by atoms with Gasteiger partial charge >= 0.3 is 11.9 Å². The van der Waals surface area contributed by atoms with Crippen molar-refractivity contribution in [3.05, 3.63) is 12.7 Å². The highest BCUT2D eigenvalue weighted by Gasteiger charge is 2.66. The Morgan fingerprint density at radius 2 is 2.12 bits per heavy atom. The number of esters is 2. The maximum absolute atomic E-state index is 11.7. The molecule has 0 aromatic carbocycles.